The van der Waals surface area contributed by atoms with E-state index in [2.05, 4.69) is 4.74 Å². The fourth-order valence-electron chi connectivity index (χ4n) is 3.10. The summed E-state index contributed by atoms with van der Waals surface area (Å²) in [5.74, 6) is -0.769. The van der Waals surface area contributed by atoms with Crippen molar-refractivity contribution in [2.24, 2.45) is 0 Å². The summed E-state index contributed by atoms with van der Waals surface area (Å²) in [6.07, 6.45) is 0. The highest BCUT2D eigenvalue weighted by Gasteiger charge is 2.28. The Morgan fingerprint density at radius 2 is 1.50 bits per heavy atom. The molecule has 2 aromatic carbocycles. The minimum absolute atomic E-state index is 0.00230. The van der Waals surface area contributed by atoms with Crippen LogP contribution in [0.2, 0.25) is 0 Å². The van der Waals surface area contributed by atoms with Crippen molar-refractivity contribution in [3.8, 4) is 11.5 Å². The van der Waals surface area contributed by atoms with Crippen LogP contribution in [0.5, 0.6) is 11.5 Å². The van der Waals surface area contributed by atoms with Gasteiger partial charge in [0, 0.05) is 31.7 Å². The molecule has 2 aromatic rings. The summed E-state index contributed by atoms with van der Waals surface area (Å²) in [5.41, 5.74) is 0.588. The summed E-state index contributed by atoms with van der Waals surface area (Å²) in [7, 11) is 1.32. The summed E-state index contributed by atoms with van der Waals surface area (Å²) < 4.78 is 35.1. The number of hydrogen-bond acceptors (Lipinski definition) is 4. The van der Waals surface area contributed by atoms with Crippen molar-refractivity contribution in [3.05, 3.63) is 59.7 Å². The molecule has 1 saturated heterocycles. The second-order valence-corrected chi connectivity index (χ2v) is 6.17. The van der Waals surface area contributed by atoms with Gasteiger partial charge in [-0.3, -0.25) is 9.59 Å². The maximum Gasteiger partial charge on any atom is 0.387 e. The number of carbonyl (C=O) groups excluding carboxylic acids is 2. The highest BCUT2D eigenvalue weighted by molar-refractivity contribution is 5.98. The summed E-state index contributed by atoms with van der Waals surface area (Å²) in [4.78, 5) is 28.6. The van der Waals surface area contributed by atoms with Gasteiger partial charge in [0.25, 0.3) is 11.8 Å². The third-order valence-electron chi connectivity index (χ3n) is 4.51. The topological polar surface area (TPSA) is 59.1 Å². The number of methoxy groups -OCH3 is 1. The third kappa shape index (κ3) is 4.21. The van der Waals surface area contributed by atoms with Crippen LogP contribution in [0.1, 0.15) is 20.7 Å². The van der Waals surface area contributed by atoms with Crippen molar-refractivity contribution in [3.63, 3.8) is 0 Å². The molecule has 0 radical (unpaired) electrons. The van der Waals surface area contributed by atoms with E-state index < -0.39 is 12.5 Å². The normalized spacial score (nSPS) is 14.1. The number of para-hydroxylation sites is 1. The minimum Gasteiger partial charge on any atom is -0.493 e. The Kier molecular flexibility index (Phi) is 6.08. The predicted octanol–water partition coefficient (Wildman–Crippen LogP) is 2.89. The molecule has 0 unspecified atom stereocenters. The molecular formula is C20H20F2N2O4. The van der Waals surface area contributed by atoms with Crippen molar-refractivity contribution < 1.29 is 27.8 Å². The van der Waals surface area contributed by atoms with Crippen molar-refractivity contribution in [1.29, 1.82) is 0 Å². The molecular weight excluding hydrogens is 370 g/mol. The van der Waals surface area contributed by atoms with E-state index in [1.807, 2.05) is 6.07 Å². The van der Waals surface area contributed by atoms with Gasteiger partial charge < -0.3 is 19.3 Å². The molecule has 28 heavy (non-hydrogen) atoms. The van der Waals surface area contributed by atoms with E-state index >= 15 is 0 Å². The third-order valence-corrected chi connectivity index (χ3v) is 4.51. The van der Waals surface area contributed by atoms with Gasteiger partial charge >= 0.3 is 6.61 Å². The van der Waals surface area contributed by atoms with E-state index in [1.54, 1.807) is 35.2 Å². The van der Waals surface area contributed by atoms with Gasteiger partial charge in [-0.05, 0) is 24.3 Å². The standard InChI is InChI=1S/C20H20F2N2O4/c1-27-16-9-5-8-15(17(16)28-20(21)22)19(26)24-12-10-23(11-13-24)18(25)14-6-3-2-4-7-14/h2-9,20H,10-13H2,1H3. The quantitative estimate of drug-likeness (QED) is 0.788. The van der Waals surface area contributed by atoms with E-state index in [0.717, 1.165) is 0 Å². The second-order valence-electron chi connectivity index (χ2n) is 6.17. The van der Waals surface area contributed by atoms with Crippen LogP contribution in [-0.4, -0.2) is 61.5 Å². The number of carbonyl (C=O) groups is 2. The number of nitrogens with zero attached hydrogens (tertiary/aromatic N) is 2. The van der Waals surface area contributed by atoms with E-state index in [0.29, 0.717) is 31.7 Å². The Hall–Kier alpha value is -3.16. The molecule has 0 spiro atoms. The number of piperazine rings is 1. The van der Waals surface area contributed by atoms with E-state index in [4.69, 9.17) is 4.74 Å². The predicted molar refractivity (Wildman–Crippen MR) is 97.9 cm³/mol. The zero-order valence-electron chi connectivity index (χ0n) is 15.3. The summed E-state index contributed by atoms with van der Waals surface area (Å²) in [6.45, 7) is -1.78. The van der Waals surface area contributed by atoms with Crippen LogP contribution in [-0.2, 0) is 0 Å². The number of ether oxygens (including phenoxy) is 2. The minimum atomic E-state index is -3.08. The maximum atomic E-state index is 12.9. The molecule has 1 aliphatic heterocycles. The van der Waals surface area contributed by atoms with Crippen molar-refractivity contribution >= 4 is 11.8 Å². The van der Waals surface area contributed by atoms with Crippen LogP contribution in [0, 0.1) is 0 Å². The van der Waals surface area contributed by atoms with Crippen LogP contribution in [0.3, 0.4) is 0 Å². The first-order chi connectivity index (χ1) is 13.5. The Labute approximate surface area is 161 Å². The first-order valence-corrected chi connectivity index (χ1v) is 8.76. The monoisotopic (exact) mass is 390 g/mol. The average Bonchev–Trinajstić information content (AvgIpc) is 2.73. The SMILES string of the molecule is COc1cccc(C(=O)N2CCN(C(=O)c3ccccc3)CC2)c1OC(F)F. The van der Waals surface area contributed by atoms with Crippen LogP contribution in [0.15, 0.2) is 48.5 Å². The van der Waals surface area contributed by atoms with Crippen molar-refractivity contribution in [1.82, 2.24) is 9.80 Å². The Morgan fingerprint density at radius 1 is 0.893 bits per heavy atom. The van der Waals surface area contributed by atoms with Gasteiger partial charge in [-0.25, -0.2) is 0 Å². The fraction of sp³-hybridized carbons (Fsp3) is 0.300. The molecule has 3 rings (SSSR count). The molecule has 0 bridgehead atoms. The number of alkyl halides is 2. The largest absolute Gasteiger partial charge is 0.493 e. The van der Waals surface area contributed by atoms with Gasteiger partial charge in [-0.2, -0.15) is 8.78 Å². The molecule has 1 heterocycles. The lowest BCUT2D eigenvalue weighted by molar-refractivity contribution is -0.0517. The van der Waals surface area contributed by atoms with Crippen molar-refractivity contribution in [2.45, 2.75) is 6.61 Å². The Morgan fingerprint density at radius 3 is 2.07 bits per heavy atom. The molecule has 8 heteroatoms. The number of amides is 2. The van der Waals surface area contributed by atoms with Crippen molar-refractivity contribution in [2.75, 3.05) is 33.3 Å². The highest BCUT2D eigenvalue weighted by atomic mass is 19.3. The van der Waals surface area contributed by atoms with Gasteiger partial charge in [-0.15, -0.1) is 0 Å². The summed E-state index contributed by atoms with van der Waals surface area (Å²) >= 11 is 0. The number of hydrogen-bond donors (Lipinski definition) is 0. The molecule has 0 atom stereocenters. The molecule has 0 saturated carbocycles. The summed E-state index contributed by atoms with van der Waals surface area (Å²) in [5, 5.41) is 0. The molecule has 0 N–H and O–H groups in total. The first-order valence-electron chi connectivity index (χ1n) is 8.76. The van der Waals surface area contributed by atoms with Crippen LogP contribution in [0.25, 0.3) is 0 Å². The lowest BCUT2D eigenvalue weighted by Crippen LogP contribution is -2.50. The van der Waals surface area contributed by atoms with Crippen LogP contribution >= 0.6 is 0 Å². The van der Waals surface area contributed by atoms with Gasteiger partial charge in [0.1, 0.15) is 0 Å². The van der Waals surface area contributed by atoms with E-state index in [1.165, 1.54) is 24.1 Å². The smallest absolute Gasteiger partial charge is 0.387 e. The molecule has 1 aliphatic rings. The first kappa shape index (κ1) is 19.6. The molecule has 6 nitrogen and oxygen atoms in total. The molecule has 0 aromatic heterocycles. The lowest BCUT2D eigenvalue weighted by Gasteiger charge is -2.35. The number of halogens is 2. The average molecular weight is 390 g/mol. The maximum absolute atomic E-state index is 12.9. The van der Waals surface area contributed by atoms with Crippen LogP contribution in [0.4, 0.5) is 8.78 Å². The van der Waals surface area contributed by atoms with Gasteiger partial charge in [0.05, 0.1) is 12.7 Å². The summed E-state index contributed by atoms with van der Waals surface area (Å²) in [6, 6.07) is 13.3. The zero-order valence-corrected chi connectivity index (χ0v) is 15.3. The van der Waals surface area contributed by atoms with E-state index in [9.17, 15) is 18.4 Å². The number of rotatable bonds is 5. The molecule has 1 fully saturated rings. The fourth-order valence-corrected chi connectivity index (χ4v) is 3.10. The highest BCUT2D eigenvalue weighted by Crippen LogP contribution is 2.33. The van der Waals surface area contributed by atoms with E-state index in [-0.39, 0.29) is 23.0 Å². The van der Waals surface area contributed by atoms with Gasteiger partial charge in [0.2, 0.25) is 0 Å². The Balaban J connectivity index is 1.71. The Bertz CT molecular complexity index is 837. The lowest BCUT2D eigenvalue weighted by atomic mass is 10.1. The number of benzene rings is 2. The molecule has 0 aliphatic carbocycles. The van der Waals surface area contributed by atoms with Gasteiger partial charge in [-0.1, -0.05) is 24.3 Å². The molecule has 2 amide bonds. The van der Waals surface area contributed by atoms with Crippen LogP contribution < -0.4 is 9.47 Å². The zero-order chi connectivity index (χ0) is 20.1. The van der Waals surface area contributed by atoms with Gasteiger partial charge in [0.15, 0.2) is 11.5 Å². The molecule has 148 valence electrons. The second kappa shape index (κ2) is 8.69.